The third-order valence-corrected chi connectivity index (χ3v) is 14.7. The number of nitrogens with one attached hydrogen (secondary N) is 2. The number of aliphatic hydroxyl groups is 8. The minimum absolute atomic E-state index is 0.0754. The predicted octanol–water partition coefficient (Wildman–Crippen LogP) is -2.41. The van der Waals surface area contributed by atoms with E-state index in [9.17, 15) is 99.9 Å². The van der Waals surface area contributed by atoms with Crippen molar-refractivity contribution < 1.29 is 119 Å². The average molecular weight is 1250 g/mol. The fourth-order valence-electron chi connectivity index (χ4n) is 10.1. The van der Waals surface area contributed by atoms with Crippen molar-refractivity contribution in [1.29, 1.82) is 0 Å². The molecule has 6 rings (SSSR count). The zero-order chi connectivity index (χ0) is 64.9. The molecule has 2 saturated heterocycles. The van der Waals surface area contributed by atoms with Gasteiger partial charge in [0.05, 0.1) is 58.8 Å². The van der Waals surface area contributed by atoms with E-state index in [1.54, 1.807) is 84.9 Å². The highest BCUT2D eigenvalue weighted by molar-refractivity contribution is 5.80. The van der Waals surface area contributed by atoms with Crippen LogP contribution in [0.15, 0.2) is 84.9 Å². The molecule has 0 saturated carbocycles. The standard InChI is InChI=1S/C60H77N5O24/c66-32-44-53(80)55(82)57(84)59(88-44)86-42-13-11-34(23-40(42)38-9-1-5-36(21-38)25-48(70)71)7-3-15-61-46(68)27-64(30-51(76)77)19-17-63(29-50(74)75)18-20-65(31-52(78)79)28-47(69)62-16-4-8-35-12-14-43(87-60-58(85)56(83)54(81)45(33-67)89-60)41(24-35)39-10-2-6-37(22-39)26-49(72)73/h1-2,5-6,9-14,21-24,44-45,53-60,66-67,80-85H,3-4,7-8,15-20,25-33H2,(H,61,68)(H,62,69)(H,70,71)(H,72,73)(H,74,75)(H,76,77)(H,78,79)/t44-,45-,53-,54-,55+,56+,57+,58+,59+,60+/m1/s1. The zero-order valence-corrected chi connectivity index (χ0v) is 48.4. The molecule has 2 aliphatic heterocycles. The molecule has 4 aromatic rings. The third kappa shape index (κ3) is 21.8. The van der Waals surface area contributed by atoms with E-state index >= 15 is 0 Å². The van der Waals surface area contributed by atoms with Crippen LogP contribution in [0.5, 0.6) is 11.5 Å². The number of nitrogens with zero attached hydrogens (tertiary/aromatic N) is 3. The van der Waals surface area contributed by atoms with Gasteiger partial charge < -0.3 is 96.0 Å². The summed E-state index contributed by atoms with van der Waals surface area (Å²) < 4.78 is 23.1. The number of ether oxygens (including phenoxy) is 4. The smallest absolute Gasteiger partial charge is 0.317 e. The maximum atomic E-state index is 13.2. The quantitative estimate of drug-likeness (QED) is 0.0211. The van der Waals surface area contributed by atoms with Gasteiger partial charge in [-0.2, -0.15) is 0 Å². The molecule has 2 heterocycles. The Balaban J connectivity index is 1.01. The second-order valence-corrected chi connectivity index (χ2v) is 21.6. The molecule has 29 heteroatoms. The van der Waals surface area contributed by atoms with Crippen molar-refractivity contribution in [3.05, 3.63) is 107 Å². The molecule has 0 radical (unpaired) electrons. The fourth-order valence-corrected chi connectivity index (χ4v) is 10.1. The molecule has 0 aromatic heterocycles. The summed E-state index contributed by atoms with van der Waals surface area (Å²) in [6.07, 6.45) is -14.7. The van der Waals surface area contributed by atoms with E-state index in [0.717, 1.165) is 11.1 Å². The Bertz CT molecular complexity index is 2850. The summed E-state index contributed by atoms with van der Waals surface area (Å²) in [6, 6.07) is 23.2. The van der Waals surface area contributed by atoms with Crippen LogP contribution in [0.2, 0.25) is 0 Å². The molecule has 15 N–H and O–H groups in total. The van der Waals surface area contributed by atoms with Crippen LogP contribution >= 0.6 is 0 Å². The van der Waals surface area contributed by atoms with Gasteiger partial charge >= 0.3 is 29.8 Å². The van der Waals surface area contributed by atoms with E-state index in [-0.39, 0.29) is 63.6 Å². The van der Waals surface area contributed by atoms with Gasteiger partial charge in [-0.1, -0.05) is 60.7 Å². The van der Waals surface area contributed by atoms with Crippen LogP contribution in [0.25, 0.3) is 22.3 Å². The van der Waals surface area contributed by atoms with E-state index in [1.807, 2.05) is 0 Å². The number of rotatable bonds is 36. The number of carboxylic acids is 5. The minimum atomic E-state index is -1.72. The van der Waals surface area contributed by atoms with Gasteiger partial charge in [0, 0.05) is 50.4 Å². The van der Waals surface area contributed by atoms with E-state index in [0.29, 0.717) is 59.1 Å². The number of hydrogen-bond acceptors (Lipinski definition) is 22. The van der Waals surface area contributed by atoms with E-state index in [1.165, 1.54) is 14.7 Å². The number of aliphatic carboxylic acids is 5. The molecular formula is C60H77N5O24. The average Bonchev–Trinajstić information content (AvgIpc) is 0.981. The van der Waals surface area contributed by atoms with Crippen LogP contribution in [0.3, 0.4) is 0 Å². The summed E-state index contributed by atoms with van der Waals surface area (Å²) in [5.41, 5.74) is 4.32. The number of amides is 2. The third-order valence-electron chi connectivity index (χ3n) is 14.7. The molecule has 89 heavy (non-hydrogen) atoms. The zero-order valence-electron chi connectivity index (χ0n) is 48.4. The van der Waals surface area contributed by atoms with Crippen LogP contribution < -0.4 is 20.1 Å². The SMILES string of the molecule is O=C(O)Cc1cccc(-c2cc(CCCNC(=O)CN(CCN(CCN(CC(=O)O)CC(=O)NCCCc3ccc(O[C@H]4O[C@H](CO)[C@@H](O)[C@H](O)[C@@H]4O)c(-c4cccc(CC(=O)O)c4)c3)CC(=O)O)CC(=O)O)ccc2O[C@H]2O[C@H](CO)[C@@H](O)[C@H](O)[C@@H]2O)c1. The van der Waals surface area contributed by atoms with E-state index < -0.39 is 149 Å². The molecular weight excluding hydrogens is 1170 g/mol. The molecule has 2 aliphatic rings. The highest BCUT2D eigenvalue weighted by atomic mass is 16.7. The summed E-state index contributed by atoms with van der Waals surface area (Å²) in [7, 11) is 0. The minimum Gasteiger partial charge on any atom is -0.481 e. The van der Waals surface area contributed by atoms with Gasteiger partial charge in [-0.25, -0.2) is 0 Å². The molecule has 4 aromatic carbocycles. The van der Waals surface area contributed by atoms with Gasteiger partial charge in [0.1, 0.15) is 60.3 Å². The summed E-state index contributed by atoms with van der Waals surface area (Å²) in [6.45, 7) is -4.01. The first-order valence-electron chi connectivity index (χ1n) is 28.6. The van der Waals surface area contributed by atoms with Crippen molar-refractivity contribution in [2.24, 2.45) is 0 Å². The molecule has 10 atom stereocenters. The second kappa shape index (κ2) is 34.3. The Morgan fingerprint density at radius 1 is 0.427 bits per heavy atom. The number of aryl methyl sites for hydroxylation is 2. The number of carboxylic acid groups (broad SMARTS) is 5. The van der Waals surface area contributed by atoms with Gasteiger partial charge in [-0.05, 0) is 83.3 Å². The van der Waals surface area contributed by atoms with Crippen molar-refractivity contribution >= 4 is 41.7 Å². The maximum Gasteiger partial charge on any atom is 0.317 e. The Morgan fingerprint density at radius 2 is 0.798 bits per heavy atom. The normalized spacial score (nSPS) is 21.7. The van der Waals surface area contributed by atoms with Crippen LogP contribution in [0.4, 0.5) is 0 Å². The first-order valence-corrected chi connectivity index (χ1v) is 28.6. The Labute approximate surface area is 510 Å². The summed E-state index contributed by atoms with van der Waals surface area (Å²) in [5, 5.41) is 136. The first-order chi connectivity index (χ1) is 42.4. The van der Waals surface area contributed by atoms with Crippen molar-refractivity contribution in [2.75, 3.05) is 85.2 Å². The highest BCUT2D eigenvalue weighted by Gasteiger charge is 2.46. The number of aliphatic hydroxyl groups excluding tert-OH is 8. The number of carbonyl (C=O) groups is 7. The number of benzene rings is 4. The Hall–Kier alpha value is -7.75. The fraction of sp³-hybridized carbons (Fsp3) is 0.483. The monoisotopic (exact) mass is 1250 g/mol. The molecule has 0 spiro atoms. The lowest BCUT2D eigenvalue weighted by Gasteiger charge is -2.39. The maximum absolute atomic E-state index is 13.2. The van der Waals surface area contributed by atoms with Crippen LogP contribution in [-0.4, -0.2) is 269 Å². The number of carbonyl (C=O) groups excluding carboxylic acids is 2. The summed E-state index contributed by atoms with van der Waals surface area (Å²) >= 11 is 0. The van der Waals surface area contributed by atoms with Crippen molar-refractivity contribution in [1.82, 2.24) is 25.3 Å². The first kappa shape index (κ1) is 70.3. The van der Waals surface area contributed by atoms with Crippen molar-refractivity contribution in [3.8, 4) is 33.8 Å². The molecule has 2 amide bonds. The second-order valence-electron chi connectivity index (χ2n) is 21.6. The van der Waals surface area contributed by atoms with Gasteiger partial charge in [-0.3, -0.25) is 48.3 Å². The molecule has 0 bridgehead atoms. The molecule has 2 fully saturated rings. The van der Waals surface area contributed by atoms with Crippen molar-refractivity contribution in [2.45, 2.75) is 99.9 Å². The van der Waals surface area contributed by atoms with Gasteiger partial charge in [0.15, 0.2) is 0 Å². The van der Waals surface area contributed by atoms with Crippen LogP contribution in [-0.2, 0) is 68.7 Å². The van der Waals surface area contributed by atoms with Crippen LogP contribution in [0.1, 0.15) is 35.1 Å². The molecule has 486 valence electrons. The van der Waals surface area contributed by atoms with Gasteiger partial charge in [0.2, 0.25) is 24.4 Å². The van der Waals surface area contributed by atoms with E-state index in [2.05, 4.69) is 10.6 Å². The summed E-state index contributed by atoms with van der Waals surface area (Å²) in [5.74, 6) is -6.71. The largest absolute Gasteiger partial charge is 0.481 e. The van der Waals surface area contributed by atoms with E-state index in [4.69, 9.17) is 18.9 Å². The van der Waals surface area contributed by atoms with Crippen molar-refractivity contribution in [3.63, 3.8) is 0 Å². The number of hydrogen-bond donors (Lipinski definition) is 15. The van der Waals surface area contributed by atoms with Crippen LogP contribution in [0, 0.1) is 0 Å². The topological polar surface area (TPSA) is 453 Å². The lowest BCUT2D eigenvalue weighted by Crippen LogP contribution is -2.60. The molecule has 0 aliphatic carbocycles. The lowest BCUT2D eigenvalue weighted by molar-refractivity contribution is -0.277. The Kier molecular flexibility index (Phi) is 27.1. The molecule has 0 unspecified atom stereocenters. The summed E-state index contributed by atoms with van der Waals surface area (Å²) in [4.78, 5) is 89.4. The Morgan fingerprint density at radius 3 is 1.16 bits per heavy atom. The predicted molar refractivity (Wildman–Crippen MR) is 310 cm³/mol. The highest BCUT2D eigenvalue weighted by Crippen LogP contribution is 2.37. The van der Waals surface area contributed by atoms with Gasteiger partial charge in [0.25, 0.3) is 0 Å². The molecule has 29 nitrogen and oxygen atoms in total. The lowest BCUT2D eigenvalue weighted by atomic mass is 9.97. The van der Waals surface area contributed by atoms with Gasteiger partial charge in [-0.15, -0.1) is 0 Å².